The second-order valence-electron chi connectivity index (χ2n) is 5.95. The molecule has 0 heterocycles. The number of carbonyl (C=O) groups is 1. The van der Waals surface area contributed by atoms with Crippen LogP contribution in [0, 0.1) is 5.82 Å². The number of hydrogen-bond acceptors (Lipinski definition) is 3. The van der Waals surface area contributed by atoms with Gasteiger partial charge in [-0.25, -0.2) is 9.18 Å². The van der Waals surface area contributed by atoms with Gasteiger partial charge >= 0.3 is 5.97 Å². The molecule has 0 spiro atoms. The summed E-state index contributed by atoms with van der Waals surface area (Å²) in [5, 5.41) is 9.16. The van der Waals surface area contributed by atoms with E-state index in [0.717, 1.165) is 29.3 Å². The molecule has 0 saturated heterocycles. The molecule has 124 valence electrons. The number of benzene rings is 2. The smallest absolute Gasteiger partial charge is 0.328 e. The summed E-state index contributed by atoms with van der Waals surface area (Å²) >= 11 is 0. The lowest BCUT2D eigenvalue weighted by molar-refractivity contribution is -0.131. The van der Waals surface area contributed by atoms with E-state index in [1.165, 1.54) is 12.1 Å². The molecule has 3 rings (SSSR count). The van der Waals surface area contributed by atoms with Crippen molar-refractivity contribution in [3.63, 3.8) is 0 Å². The molecule has 24 heavy (non-hydrogen) atoms. The second kappa shape index (κ2) is 6.45. The lowest BCUT2D eigenvalue weighted by atomic mass is 10.0. The molecule has 0 bridgehead atoms. The summed E-state index contributed by atoms with van der Waals surface area (Å²) < 4.78 is 19.3. The zero-order chi connectivity index (χ0) is 17.3. The molecule has 5 heteroatoms. The second-order valence-corrected chi connectivity index (χ2v) is 5.95. The highest BCUT2D eigenvalue weighted by molar-refractivity contribution is 6.06. The minimum atomic E-state index is -1.06. The summed E-state index contributed by atoms with van der Waals surface area (Å²) in [4.78, 5) is 13.2. The van der Waals surface area contributed by atoms with E-state index in [-0.39, 0.29) is 5.82 Å². The number of carboxylic acid groups (broad SMARTS) is 1. The van der Waals surface area contributed by atoms with Crippen LogP contribution in [0.25, 0.3) is 16.7 Å². The van der Waals surface area contributed by atoms with Gasteiger partial charge in [0, 0.05) is 12.6 Å². The number of aliphatic carboxylic acids is 1. The van der Waals surface area contributed by atoms with Crippen LogP contribution in [-0.2, 0) is 4.79 Å². The van der Waals surface area contributed by atoms with Gasteiger partial charge in [-0.1, -0.05) is 12.1 Å². The van der Waals surface area contributed by atoms with Crippen LogP contribution in [0.4, 0.5) is 4.39 Å². The molecule has 1 aliphatic rings. The molecule has 2 aromatic carbocycles. The van der Waals surface area contributed by atoms with E-state index in [0.29, 0.717) is 23.5 Å². The lowest BCUT2D eigenvalue weighted by Crippen LogP contribution is -2.19. The average Bonchev–Trinajstić information content (AvgIpc) is 2.80. The van der Waals surface area contributed by atoms with Crippen LogP contribution in [0.1, 0.15) is 11.1 Å². The largest absolute Gasteiger partial charge is 0.492 e. The first-order valence-electron chi connectivity index (χ1n) is 7.62. The SMILES string of the molecule is CN(C)CCOc1ccc2c(c1)/C(=C/C(=O)O)c1cc(F)ccc1-2. The number of fused-ring (bicyclic) bond motifs is 3. The van der Waals surface area contributed by atoms with Crippen LogP contribution >= 0.6 is 0 Å². The summed E-state index contributed by atoms with van der Waals surface area (Å²) in [7, 11) is 3.93. The Morgan fingerprint density at radius 2 is 1.79 bits per heavy atom. The van der Waals surface area contributed by atoms with Crippen molar-refractivity contribution >= 4 is 11.5 Å². The van der Waals surface area contributed by atoms with E-state index in [1.807, 2.05) is 37.2 Å². The molecule has 2 aromatic rings. The highest BCUT2D eigenvalue weighted by Gasteiger charge is 2.25. The van der Waals surface area contributed by atoms with Gasteiger partial charge in [-0.2, -0.15) is 0 Å². The van der Waals surface area contributed by atoms with Crippen molar-refractivity contribution in [1.29, 1.82) is 0 Å². The van der Waals surface area contributed by atoms with Gasteiger partial charge in [0.05, 0.1) is 0 Å². The Morgan fingerprint density at radius 1 is 1.12 bits per heavy atom. The van der Waals surface area contributed by atoms with Crippen LogP contribution < -0.4 is 4.74 Å². The topological polar surface area (TPSA) is 49.8 Å². The highest BCUT2D eigenvalue weighted by atomic mass is 19.1. The fourth-order valence-corrected chi connectivity index (χ4v) is 2.82. The number of halogens is 1. The number of hydrogen-bond donors (Lipinski definition) is 1. The quantitative estimate of drug-likeness (QED) is 0.731. The van der Waals surface area contributed by atoms with E-state index < -0.39 is 5.97 Å². The third-order valence-corrected chi connectivity index (χ3v) is 3.92. The van der Waals surface area contributed by atoms with Crippen molar-refractivity contribution in [3.05, 3.63) is 59.4 Å². The molecule has 0 amide bonds. The predicted octanol–water partition coefficient (Wildman–Crippen LogP) is 3.26. The van der Waals surface area contributed by atoms with Crippen molar-refractivity contribution in [3.8, 4) is 16.9 Å². The van der Waals surface area contributed by atoms with Crippen molar-refractivity contribution < 1.29 is 19.0 Å². The normalized spacial score (nSPS) is 13.9. The van der Waals surface area contributed by atoms with Crippen LogP contribution in [-0.4, -0.2) is 43.2 Å². The third-order valence-electron chi connectivity index (χ3n) is 3.92. The van der Waals surface area contributed by atoms with E-state index in [4.69, 9.17) is 9.84 Å². The maximum Gasteiger partial charge on any atom is 0.328 e. The standard InChI is InChI=1S/C19H18FNO3/c1-21(2)7-8-24-13-4-6-15-14-5-3-12(20)9-16(14)18(11-19(22)23)17(15)10-13/h3-6,9-11H,7-8H2,1-2H3,(H,22,23)/b18-11+. The first-order valence-corrected chi connectivity index (χ1v) is 7.62. The molecule has 0 atom stereocenters. The maximum absolute atomic E-state index is 13.6. The number of likely N-dealkylation sites (N-methyl/N-ethyl adjacent to an activating group) is 1. The van der Waals surface area contributed by atoms with E-state index in [9.17, 15) is 9.18 Å². The van der Waals surface area contributed by atoms with Crippen molar-refractivity contribution in [2.75, 3.05) is 27.2 Å². The monoisotopic (exact) mass is 327 g/mol. The van der Waals surface area contributed by atoms with E-state index in [2.05, 4.69) is 0 Å². The predicted molar refractivity (Wildman–Crippen MR) is 90.6 cm³/mol. The molecule has 0 aromatic heterocycles. The Hall–Kier alpha value is -2.66. The Bertz CT molecular complexity index is 827. The Labute approximate surface area is 139 Å². The fraction of sp³-hybridized carbons (Fsp3) is 0.211. The van der Waals surface area contributed by atoms with Crippen LogP contribution in [0.5, 0.6) is 5.75 Å². The summed E-state index contributed by atoms with van der Waals surface area (Å²) in [6.07, 6.45) is 1.12. The summed E-state index contributed by atoms with van der Waals surface area (Å²) in [6, 6.07) is 9.99. The Morgan fingerprint density at radius 3 is 2.46 bits per heavy atom. The molecule has 0 radical (unpaired) electrons. The third kappa shape index (κ3) is 3.16. The molecular formula is C19H18FNO3. The van der Waals surface area contributed by atoms with Gasteiger partial charge in [0.25, 0.3) is 0 Å². The van der Waals surface area contributed by atoms with E-state index >= 15 is 0 Å². The highest BCUT2D eigenvalue weighted by Crippen LogP contribution is 2.45. The molecule has 0 unspecified atom stereocenters. The van der Waals surface area contributed by atoms with E-state index in [1.54, 1.807) is 6.07 Å². The van der Waals surface area contributed by atoms with Crippen LogP contribution in [0.2, 0.25) is 0 Å². The minimum Gasteiger partial charge on any atom is -0.492 e. The first-order chi connectivity index (χ1) is 11.5. The van der Waals surface area contributed by atoms with Crippen LogP contribution in [0.3, 0.4) is 0 Å². The molecule has 4 nitrogen and oxygen atoms in total. The van der Waals surface area contributed by atoms with Gasteiger partial charge in [-0.05, 0) is 66.2 Å². The zero-order valence-corrected chi connectivity index (χ0v) is 13.5. The molecule has 0 saturated carbocycles. The fourth-order valence-electron chi connectivity index (χ4n) is 2.82. The molecule has 0 fully saturated rings. The average molecular weight is 327 g/mol. The van der Waals surface area contributed by atoms with Crippen molar-refractivity contribution in [2.24, 2.45) is 0 Å². The number of ether oxygens (including phenoxy) is 1. The van der Waals surface area contributed by atoms with Gasteiger partial charge in [0.1, 0.15) is 18.2 Å². The summed E-state index contributed by atoms with van der Waals surface area (Å²) in [6.45, 7) is 1.31. The van der Waals surface area contributed by atoms with Gasteiger partial charge in [-0.3, -0.25) is 0 Å². The van der Waals surface area contributed by atoms with Crippen molar-refractivity contribution in [2.45, 2.75) is 0 Å². The Balaban J connectivity index is 2.01. The molecular weight excluding hydrogens is 309 g/mol. The molecule has 1 N–H and O–H groups in total. The van der Waals surface area contributed by atoms with Gasteiger partial charge in [0.2, 0.25) is 0 Å². The van der Waals surface area contributed by atoms with Gasteiger partial charge in [0.15, 0.2) is 0 Å². The number of carboxylic acids is 1. The number of nitrogens with zero attached hydrogens (tertiary/aromatic N) is 1. The Kier molecular flexibility index (Phi) is 4.36. The van der Waals surface area contributed by atoms with Crippen molar-refractivity contribution in [1.82, 2.24) is 4.90 Å². The van der Waals surface area contributed by atoms with Gasteiger partial charge < -0.3 is 14.7 Å². The maximum atomic E-state index is 13.6. The molecule has 0 aliphatic heterocycles. The molecule has 1 aliphatic carbocycles. The first kappa shape index (κ1) is 16.2. The van der Waals surface area contributed by atoms with Gasteiger partial charge in [-0.15, -0.1) is 0 Å². The zero-order valence-electron chi connectivity index (χ0n) is 13.5. The lowest BCUT2D eigenvalue weighted by Gasteiger charge is -2.12. The summed E-state index contributed by atoms with van der Waals surface area (Å²) in [5.74, 6) is -0.785. The van der Waals surface area contributed by atoms with Crippen LogP contribution in [0.15, 0.2) is 42.5 Å². The summed E-state index contributed by atoms with van der Waals surface area (Å²) in [5.41, 5.74) is 3.57. The minimum absolute atomic E-state index is 0.389. The number of rotatable bonds is 5.